The van der Waals surface area contributed by atoms with Crippen molar-refractivity contribution in [1.82, 2.24) is 0 Å². The van der Waals surface area contributed by atoms with E-state index < -0.39 is 30.4 Å². The minimum absolute atomic E-state index is 0.125. The van der Waals surface area contributed by atoms with Gasteiger partial charge in [-0.05, 0) is 72.2 Å². The molecule has 0 bridgehead atoms. The number of carbonyl (C=O) groups is 4. The lowest BCUT2D eigenvalue weighted by atomic mass is 10.2. The van der Waals surface area contributed by atoms with Crippen molar-refractivity contribution in [2.75, 3.05) is 17.2 Å². The Morgan fingerprint density at radius 3 is 2.19 bits per heavy atom. The normalized spacial score (nSPS) is 10.4. The molecule has 170 valence electrons. The second-order valence-electron chi connectivity index (χ2n) is 6.92. The van der Waals surface area contributed by atoms with Crippen molar-refractivity contribution in [3.8, 4) is 0 Å². The second kappa shape index (κ2) is 12.2. The molecule has 0 unspecified atom stereocenters. The zero-order chi connectivity index (χ0) is 23.7. The van der Waals surface area contributed by atoms with E-state index in [0.717, 1.165) is 0 Å². The van der Waals surface area contributed by atoms with Crippen LogP contribution in [-0.2, 0) is 23.9 Å². The van der Waals surface area contributed by atoms with Gasteiger partial charge in [0.2, 0.25) is 5.91 Å². The number of anilines is 2. The van der Waals surface area contributed by atoms with E-state index >= 15 is 0 Å². The Labute approximate surface area is 198 Å². The standard InChI is InChI=1S/C22H22BrClN2O6/c1-13(2)32-22(30)14-3-5-15(6-4-14)25-19(27)9-10-21(29)31-12-20(28)26-16-7-8-17(23)18(24)11-16/h3-8,11,13H,9-10,12H2,1-2H3,(H,25,27)(H,26,28). The molecular weight excluding hydrogens is 504 g/mol. The SMILES string of the molecule is CC(C)OC(=O)c1ccc(NC(=O)CCC(=O)OCC(=O)Nc2ccc(Br)c(Cl)c2)cc1. The summed E-state index contributed by atoms with van der Waals surface area (Å²) in [7, 11) is 0. The first-order valence-corrected chi connectivity index (χ1v) is 10.8. The van der Waals surface area contributed by atoms with Crippen LogP contribution in [0.15, 0.2) is 46.9 Å². The average Bonchev–Trinajstić information content (AvgIpc) is 2.73. The van der Waals surface area contributed by atoms with E-state index in [2.05, 4.69) is 26.6 Å². The molecule has 0 aliphatic carbocycles. The number of esters is 2. The largest absolute Gasteiger partial charge is 0.459 e. The Kier molecular flexibility index (Phi) is 9.67. The van der Waals surface area contributed by atoms with Gasteiger partial charge < -0.3 is 20.1 Å². The van der Waals surface area contributed by atoms with Crippen LogP contribution in [0.2, 0.25) is 5.02 Å². The third kappa shape index (κ3) is 8.68. The van der Waals surface area contributed by atoms with E-state index in [0.29, 0.717) is 26.4 Å². The van der Waals surface area contributed by atoms with Gasteiger partial charge in [-0.3, -0.25) is 14.4 Å². The molecule has 0 aliphatic heterocycles. The summed E-state index contributed by atoms with van der Waals surface area (Å²) in [5.41, 5.74) is 1.29. The summed E-state index contributed by atoms with van der Waals surface area (Å²) in [6, 6.07) is 11.1. The van der Waals surface area contributed by atoms with E-state index in [4.69, 9.17) is 21.1 Å². The average molecular weight is 526 g/mol. The van der Waals surface area contributed by atoms with Crippen molar-refractivity contribution in [3.05, 3.63) is 57.5 Å². The highest BCUT2D eigenvalue weighted by molar-refractivity contribution is 9.10. The fourth-order valence-corrected chi connectivity index (χ4v) is 2.83. The molecule has 2 rings (SSSR count). The van der Waals surface area contributed by atoms with E-state index in [1.807, 2.05) is 0 Å². The molecule has 32 heavy (non-hydrogen) atoms. The molecule has 0 fully saturated rings. The molecule has 2 aromatic rings. The Morgan fingerprint density at radius 2 is 1.56 bits per heavy atom. The van der Waals surface area contributed by atoms with Gasteiger partial charge in [-0.2, -0.15) is 0 Å². The zero-order valence-corrected chi connectivity index (χ0v) is 19.8. The van der Waals surface area contributed by atoms with Gasteiger partial charge >= 0.3 is 11.9 Å². The molecule has 2 aromatic carbocycles. The molecular formula is C22H22BrClN2O6. The van der Waals surface area contributed by atoms with E-state index in [9.17, 15) is 19.2 Å². The fourth-order valence-electron chi connectivity index (χ4n) is 2.40. The lowest BCUT2D eigenvalue weighted by Crippen LogP contribution is -2.21. The number of hydrogen-bond acceptors (Lipinski definition) is 6. The number of amides is 2. The summed E-state index contributed by atoms with van der Waals surface area (Å²) in [5.74, 6) is -2.07. The van der Waals surface area contributed by atoms with Gasteiger partial charge in [0, 0.05) is 22.3 Å². The highest BCUT2D eigenvalue weighted by Crippen LogP contribution is 2.25. The molecule has 2 N–H and O–H groups in total. The van der Waals surface area contributed by atoms with Gasteiger partial charge in [-0.1, -0.05) is 11.6 Å². The smallest absolute Gasteiger partial charge is 0.338 e. The van der Waals surface area contributed by atoms with Gasteiger partial charge in [-0.25, -0.2) is 4.79 Å². The first-order valence-electron chi connectivity index (χ1n) is 9.65. The van der Waals surface area contributed by atoms with Gasteiger partial charge in [0.05, 0.1) is 23.1 Å². The Morgan fingerprint density at radius 1 is 0.938 bits per heavy atom. The van der Waals surface area contributed by atoms with Gasteiger partial charge in [0.1, 0.15) is 0 Å². The number of halogens is 2. The van der Waals surface area contributed by atoms with E-state index in [1.54, 1.807) is 44.2 Å². The molecule has 0 saturated heterocycles. The number of benzene rings is 2. The number of rotatable bonds is 9. The minimum Gasteiger partial charge on any atom is -0.459 e. The maximum atomic E-state index is 12.0. The lowest BCUT2D eigenvalue weighted by molar-refractivity contribution is -0.147. The number of hydrogen-bond donors (Lipinski definition) is 2. The van der Waals surface area contributed by atoms with Crippen LogP contribution < -0.4 is 10.6 Å². The molecule has 10 heteroatoms. The van der Waals surface area contributed by atoms with E-state index in [-0.39, 0.29) is 18.9 Å². The summed E-state index contributed by atoms with van der Waals surface area (Å²) in [4.78, 5) is 47.5. The van der Waals surface area contributed by atoms with Gasteiger partial charge in [0.15, 0.2) is 6.61 Å². The van der Waals surface area contributed by atoms with Crippen molar-refractivity contribution < 1.29 is 28.7 Å². The summed E-state index contributed by atoms with van der Waals surface area (Å²) in [5, 5.41) is 5.60. The lowest BCUT2D eigenvalue weighted by Gasteiger charge is -2.09. The Balaban J connectivity index is 1.71. The molecule has 0 spiro atoms. The third-order valence-corrected chi connectivity index (χ3v) is 5.10. The van der Waals surface area contributed by atoms with Crippen LogP contribution in [-0.4, -0.2) is 36.5 Å². The van der Waals surface area contributed by atoms with Crippen molar-refractivity contribution in [2.24, 2.45) is 0 Å². The molecule has 0 saturated carbocycles. The topological polar surface area (TPSA) is 111 Å². The summed E-state index contributed by atoms with van der Waals surface area (Å²) < 4.78 is 10.7. The van der Waals surface area contributed by atoms with E-state index in [1.165, 1.54) is 12.1 Å². The maximum absolute atomic E-state index is 12.0. The van der Waals surface area contributed by atoms with Crippen LogP contribution >= 0.6 is 27.5 Å². The second-order valence-corrected chi connectivity index (χ2v) is 8.18. The van der Waals surface area contributed by atoms with Crippen LogP contribution in [0.25, 0.3) is 0 Å². The third-order valence-electron chi connectivity index (χ3n) is 3.87. The first-order chi connectivity index (χ1) is 15.1. The van der Waals surface area contributed by atoms with Crippen LogP contribution in [0.1, 0.15) is 37.0 Å². The Hall–Kier alpha value is -2.91. The first kappa shape index (κ1) is 25.4. The molecule has 2 amide bonds. The fraction of sp³-hybridized carbons (Fsp3) is 0.273. The van der Waals surface area contributed by atoms with Crippen LogP contribution in [0, 0.1) is 0 Å². The predicted molar refractivity (Wildman–Crippen MR) is 124 cm³/mol. The molecule has 0 atom stereocenters. The predicted octanol–water partition coefficient (Wildman–Crippen LogP) is 4.57. The van der Waals surface area contributed by atoms with Gasteiger partial charge in [0.25, 0.3) is 5.91 Å². The summed E-state index contributed by atoms with van der Waals surface area (Å²) in [6.07, 6.45) is -0.547. The highest BCUT2D eigenvalue weighted by atomic mass is 79.9. The quantitative estimate of drug-likeness (QED) is 0.464. The molecule has 0 radical (unpaired) electrons. The van der Waals surface area contributed by atoms with Crippen LogP contribution in [0.4, 0.5) is 11.4 Å². The zero-order valence-electron chi connectivity index (χ0n) is 17.4. The maximum Gasteiger partial charge on any atom is 0.338 e. The van der Waals surface area contributed by atoms with Crippen molar-refractivity contribution in [2.45, 2.75) is 32.8 Å². The Bertz CT molecular complexity index is 994. The molecule has 0 aromatic heterocycles. The number of ether oxygens (including phenoxy) is 2. The van der Waals surface area contributed by atoms with Crippen LogP contribution in [0.5, 0.6) is 0 Å². The van der Waals surface area contributed by atoms with Crippen LogP contribution in [0.3, 0.4) is 0 Å². The summed E-state index contributed by atoms with van der Waals surface area (Å²) >= 11 is 9.20. The van der Waals surface area contributed by atoms with Gasteiger partial charge in [-0.15, -0.1) is 0 Å². The summed E-state index contributed by atoms with van der Waals surface area (Å²) in [6.45, 7) is 3.02. The van der Waals surface area contributed by atoms with Crippen molar-refractivity contribution in [3.63, 3.8) is 0 Å². The van der Waals surface area contributed by atoms with Crippen molar-refractivity contribution >= 4 is 62.7 Å². The molecule has 0 aliphatic rings. The number of carbonyl (C=O) groups excluding carboxylic acids is 4. The highest BCUT2D eigenvalue weighted by Gasteiger charge is 2.13. The van der Waals surface area contributed by atoms with Crippen molar-refractivity contribution in [1.29, 1.82) is 0 Å². The molecule has 8 nitrogen and oxygen atoms in total. The number of nitrogens with one attached hydrogen (secondary N) is 2. The minimum atomic E-state index is -0.684. The monoisotopic (exact) mass is 524 g/mol. The molecule has 0 heterocycles.